The van der Waals surface area contributed by atoms with Gasteiger partial charge in [-0.15, -0.1) is 0 Å². The maximum absolute atomic E-state index is 5.72. The highest BCUT2D eigenvalue weighted by molar-refractivity contribution is 5.34. The van der Waals surface area contributed by atoms with Crippen molar-refractivity contribution in [3.63, 3.8) is 0 Å². The van der Waals surface area contributed by atoms with Crippen molar-refractivity contribution in [2.24, 2.45) is 11.5 Å². The third-order valence-corrected chi connectivity index (χ3v) is 2.37. The van der Waals surface area contributed by atoms with Crippen LogP contribution in [0.4, 0.5) is 0 Å². The van der Waals surface area contributed by atoms with E-state index < -0.39 is 5.66 Å². The van der Waals surface area contributed by atoms with E-state index in [1.54, 1.807) is 0 Å². The van der Waals surface area contributed by atoms with Gasteiger partial charge < -0.3 is 11.5 Å². The molecule has 2 nitrogen and oxygen atoms in total. The minimum absolute atomic E-state index is 0.302. The summed E-state index contributed by atoms with van der Waals surface area (Å²) in [4.78, 5) is 0. The van der Waals surface area contributed by atoms with Gasteiger partial charge in [-0.2, -0.15) is 0 Å². The summed E-state index contributed by atoms with van der Waals surface area (Å²) in [7, 11) is 0. The summed E-state index contributed by atoms with van der Waals surface area (Å²) in [5.74, 6) is 0.302. The van der Waals surface area contributed by atoms with Crippen LogP contribution in [0, 0.1) is 0 Å². The molecule has 0 fully saturated rings. The monoisotopic (exact) mass is 230 g/mol. The largest absolute Gasteiger partial charge is 0.307 e. The molecule has 0 spiro atoms. The van der Waals surface area contributed by atoms with Crippen molar-refractivity contribution in [1.29, 1.82) is 0 Å². The van der Waals surface area contributed by atoms with Crippen LogP contribution in [-0.2, 0) is 0 Å². The van der Waals surface area contributed by atoms with E-state index in [0.717, 1.165) is 0 Å². The summed E-state index contributed by atoms with van der Waals surface area (Å²) in [5, 5.41) is 0. The molecule has 1 aliphatic carbocycles. The molecule has 1 aromatic rings. The quantitative estimate of drug-likeness (QED) is 0.575. The van der Waals surface area contributed by atoms with Crippen LogP contribution >= 0.6 is 0 Å². The first-order chi connectivity index (χ1) is 8.09. The highest BCUT2D eigenvalue weighted by Crippen LogP contribution is 2.23. The second-order valence-electron chi connectivity index (χ2n) is 4.36. The van der Waals surface area contributed by atoms with Gasteiger partial charge in [-0.3, -0.25) is 0 Å². The SMILES string of the molecule is CCC.NC1(N)C=CC(c2ccccc2)C=C1. The van der Waals surface area contributed by atoms with Gasteiger partial charge in [0.1, 0.15) is 5.66 Å². The molecule has 17 heavy (non-hydrogen) atoms. The molecule has 1 aliphatic rings. The smallest absolute Gasteiger partial charge is 0.102 e. The van der Waals surface area contributed by atoms with E-state index in [4.69, 9.17) is 11.5 Å². The Hall–Kier alpha value is -1.38. The summed E-state index contributed by atoms with van der Waals surface area (Å²) >= 11 is 0. The van der Waals surface area contributed by atoms with Gasteiger partial charge in [-0.1, -0.05) is 62.8 Å². The molecule has 0 aromatic heterocycles. The van der Waals surface area contributed by atoms with Crippen molar-refractivity contribution >= 4 is 0 Å². The zero-order valence-electron chi connectivity index (χ0n) is 10.6. The first kappa shape index (κ1) is 13.7. The van der Waals surface area contributed by atoms with Gasteiger partial charge in [0.05, 0.1) is 0 Å². The topological polar surface area (TPSA) is 52.0 Å². The third-order valence-electron chi connectivity index (χ3n) is 2.37. The summed E-state index contributed by atoms with van der Waals surface area (Å²) in [6.07, 6.45) is 9.00. The molecule has 2 rings (SSSR count). The fourth-order valence-corrected chi connectivity index (χ4v) is 1.56. The van der Waals surface area contributed by atoms with Crippen LogP contribution in [0.25, 0.3) is 0 Å². The lowest BCUT2D eigenvalue weighted by Gasteiger charge is -2.22. The average Bonchev–Trinajstić information content (AvgIpc) is 2.31. The van der Waals surface area contributed by atoms with Crippen LogP contribution in [0.3, 0.4) is 0 Å². The second-order valence-corrected chi connectivity index (χ2v) is 4.36. The van der Waals surface area contributed by atoms with E-state index in [-0.39, 0.29) is 0 Å². The average molecular weight is 230 g/mol. The van der Waals surface area contributed by atoms with E-state index in [1.165, 1.54) is 12.0 Å². The van der Waals surface area contributed by atoms with Crippen molar-refractivity contribution in [1.82, 2.24) is 0 Å². The number of hydrogen-bond donors (Lipinski definition) is 2. The standard InChI is InChI=1S/C12H14N2.C3H8/c13-12(14)8-6-11(7-9-12)10-4-2-1-3-5-10;1-3-2/h1-9,11H,13-14H2;3H2,1-2H3. The van der Waals surface area contributed by atoms with Gasteiger partial charge in [0.15, 0.2) is 0 Å². The second kappa shape index (κ2) is 6.38. The molecule has 1 aromatic carbocycles. The maximum Gasteiger partial charge on any atom is 0.102 e. The zero-order valence-corrected chi connectivity index (χ0v) is 10.6. The van der Waals surface area contributed by atoms with Crippen LogP contribution < -0.4 is 11.5 Å². The lowest BCUT2D eigenvalue weighted by molar-refractivity contribution is 0.674. The maximum atomic E-state index is 5.72. The molecule has 92 valence electrons. The first-order valence-corrected chi connectivity index (χ1v) is 6.10. The van der Waals surface area contributed by atoms with Gasteiger partial charge >= 0.3 is 0 Å². The Morgan fingerprint density at radius 1 is 1.00 bits per heavy atom. The van der Waals surface area contributed by atoms with Crippen LogP contribution in [0.15, 0.2) is 54.6 Å². The molecule has 2 heteroatoms. The van der Waals surface area contributed by atoms with Crippen molar-refractivity contribution in [2.45, 2.75) is 31.8 Å². The van der Waals surface area contributed by atoms with Crippen molar-refractivity contribution in [3.05, 3.63) is 60.2 Å². The van der Waals surface area contributed by atoms with Crippen LogP contribution in [0.5, 0.6) is 0 Å². The predicted molar refractivity (Wildman–Crippen MR) is 74.5 cm³/mol. The number of nitrogens with two attached hydrogens (primary N) is 2. The minimum Gasteiger partial charge on any atom is -0.307 e. The Morgan fingerprint density at radius 3 is 1.94 bits per heavy atom. The Kier molecular flexibility index (Phi) is 5.13. The lowest BCUT2D eigenvalue weighted by atomic mass is 9.91. The summed E-state index contributed by atoms with van der Waals surface area (Å²) in [5.41, 5.74) is 11.9. The fraction of sp³-hybridized carbons (Fsp3) is 0.333. The summed E-state index contributed by atoms with van der Waals surface area (Å²) < 4.78 is 0. The van der Waals surface area contributed by atoms with E-state index in [9.17, 15) is 0 Å². The lowest BCUT2D eigenvalue weighted by Crippen LogP contribution is -2.46. The Balaban J connectivity index is 0.000000437. The molecule has 0 amide bonds. The molecule has 0 aliphatic heterocycles. The molecule has 0 radical (unpaired) electrons. The van der Waals surface area contributed by atoms with E-state index in [0.29, 0.717) is 5.92 Å². The van der Waals surface area contributed by atoms with Crippen LogP contribution in [0.1, 0.15) is 31.7 Å². The van der Waals surface area contributed by atoms with Crippen LogP contribution in [0.2, 0.25) is 0 Å². The molecular weight excluding hydrogens is 208 g/mol. The molecule has 0 heterocycles. The summed E-state index contributed by atoms with van der Waals surface area (Å²) in [6.45, 7) is 4.25. The van der Waals surface area contributed by atoms with E-state index >= 15 is 0 Å². The molecular formula is C15H22N2. The highest BCUT2D eigenvalue weighted by Gasteiger charge is 2.16. The molecule has 4 N–H and O–H groups in total. The first-order valence-electron chi connectivity index (χ1n) is 6.10. The Morgan fingerprint density at radius 2 is 1.47 bits per heavy atom. The predicted octanol–water partition coefficient (Wildman–Crippen LogP) is 2.93. The van der Waals surface area contributed by atoms with Crippen molar-refractivity contribution in [2.75, 3.05) is 0 Å². The van der Waals surface area contributed by atoms with E-state index in [1.807, 2.05) is 42.5 Å². The highest BCUT2D eigenvalue weighted by atomic mass is 14.9. The molecule has 0 saturated heterocycles. The normalized spacial score (nSPS) is 17.4. The van der Waals surface area contributed by atoms with Gasteiger partial charge in [-0.05, 0) is 17.7 Å². The zero-order chi connectivity index (χ0) is 12.7. The number of rotatable bonds is 1. The van der Waals surface area contributed by atoms with Crippen molar-refractivity contribution in [3.8, 4) is 0 Å². The Labute approximate surface area is 104 Å². The molecule has 0 saturated carbocycles. The molecule has 0 unspecified atom stereocenters. The molecule has 0 bridgehead atoms. The van der Waals surface area contributed by atoms with E-state index in [2.05, 4.69) is 26.0 Å². The van der Waals surface area contributed by atoms with Gasteiger partial charge in [0.2, 0.25) is 0 Å². The fourth-order valence-electron chi connectivity index (χ4n) is 1.56. The minimum atomic E-state index is -0.773. The van der Waals surface area contributed by atoms with Gasteiger partial charge in [0.25, 0.3) is 0 Å². The van der Waals surface area contributed by atoms with Crippen molar-refractivity contribution < 1.29 is 0 Å². The number of benzene rings is 1. The van der Waals surface area contributed by atoms with Gasteiger partial charge in [-0.25, -0.2) is 0 Å². The third kappa shape index (κ3) is 4.55. The summed E-state index contributed by atoms with van der Waals surface area (Å²) in [6, 6.07) is 10.3. The Bertz CT molecular complexity index is 361. The van der Waals surface area contributed by atoms with Gasteiger partial charge in [0, 0.05) is 5.92 Å². The number of hydrogen-bond acceptors (Lipinski definition) is 2. The molecule has 0 atom stereocenters. The number of allylic oxidation sites excluding steroid dienone is 2. The van der Waals surface area contributed by atoms with Crippen LogP contribution in [-0.4, -0.2) is 5.66 Å².